The Bertz CT molecular complexity index is 378. The molecule has 86 valence electrons. The van der Waals surface area contributed by atoms with Crippen molar-refractivity contribution in [2.24, 2.45) is 0 Å². The minimum atomic E-state index is 0.489. The Morgan fingerprint density at radius 3 is 2.81 bits per heavy atom. The van der Waals surface area contributed by atoms with Gasteiger partial charge < -0.3 is 10.1 Å². The predicted octanol–water partition coefficient (Wildman–Crippen LogP) is 2.96. The van der Waals surface area contributed by atoms with E-state index < -0.39 is 0 Å². The molecule has 2 heteroatoms. The van der Waals surface area contributed by atoms with Crippen LogP contribution in [0.2, 0.25) is 0 Å². The average Bonchev–Trinajstić information content (AvgIpc) is 2.93. The fraction of sp³-hybridized carbons (Fsp3) is 0.571. The van der Waals surface area contributed by atoms with E-state index >= 15 is 0 Å². The number of aryl methyl sites for hydroxylation is 1. The van der Waals surface area contributed by atoms with Crippen molar-refractivity contribution in [2.75, 3.05) is 6.54 Å². The first-order valence-corrected chi connectivity index (χ1v) is 6.33. The molecule has 2 nitrogen and oxygen atoms in total. The molecule has 1 aromatic rings. The summed E-state index contributed by atoms with van der Waals surface area (Å²) in [5, 5.41) is 3.55. The SMILES string of the molecule is Cc1ccc(OC2CC2)c(C2CCCN2)c1. The number of benzene rings is 1. The molecule has 0 spiro atoms. The highest BCUT2D eigenvalue weighted by Crippen LogP contribution is 2.35. The van der Waals surface area contributed by atoms with Crippen LogP contribution in [0.4, 0.5) is 0 Å². The molecule has 1 saturated carbocycles. The van der Waals surface area contributed by atoms with Gasteiger partial charge in [-0.25, -0.2) is 0 Å². The molecule has 2 fully saturated rings. The lowest BCUT2D eigenvalue weighted by Crippen LogP contribution is -2.14. The Morgan fingerprint density at radius 2 is 2.12 bits per heavy atom. The zero-order chi connectivity index (χ0) is 11.0. The molecule has 1 N–H and O–H groups in total. The van der Waals surface area contributed by atoms with Crippen LogP contribution < -0.4 is 10.1 Å². The van der Waals surface area contributed by atoms with Gasteiger partial charge in [0.05, 0.1) is 6.10 Å². The van der Waals surface area contributed by atoms with Gasteiger partial charge in [0.2, 0.25) is 0 Å². The molecule has 3 rings (SSSR count). The molecule has 1 aromatic carbocycles. The maximum Gasteiger partial charge on any atom is 0.124 e. The van der Waals surface area contributed by atoms with Crippen LogP contribution in [0.15, 0.2) is 18.2 Å². The van der Waals surface area contributed by atoms with Gasteiger partial charge in [0.15, 0.2) is 0 Å². The highest BCUT2D eigenvalue weighted by Gasteiger charge is 2.26. The number of rotatable bonds is 3. The molecule has 16 heavy (non-hydrogen) atoms. The van der Waals surface area contributed by atoms with Crippen molar-refractivity contribution in [3.63, 3.8) is 0 Å². The summed E-state index contributed by atoms with van der Waals surface area (Å²) in [7, 11) is 0. The van der Waals surface area contributed by atoms with E-state index in [9.17, 15) is 0 Å². The number of hydrogen-bond donors (Lipinski definition) is 1. The standard InChI is InChI=1S/C14H19NO/c1-10-4-7-14(16-11-5-6-11)12(9-10)13-3-2-8-15-13/h4,7,9,11,13,15H,2-3,5-6,8H2,1H3. The van der Waals surface area contributed by atoms with Gasteiger partial charge in [-0.1, -0.05) is 17.7 Å². The minimum Gasteiger partial charge on any atom is -0.490 e. The second kappa shape index (κ2) is 4.10. The summed E-state index contributed by atoms with van der Waals surface area (Å²) in [5.74, 6) is 1.10. The zero-order valence-electron chi connectivity index (χ0n) is 9.83. The largest absolute Gasteiger partial charge is 0.490 e. The normalized spacial score (nSPS) is 24.7. The van der Waals surface area contributed by atoms with Crippen molar-refractivity contribution >= 4 is 0 Å². The van der Waals surface area contributed by atoms with Crippen molar-refractivity contribution in [1.29, 1.82) is 0 Å². The molecule has 1 heterocycles. The summed E-state index contributed by atoms with van der Waals surface area (Å²) in [4.78, 5) is 0. The van der Waals surface area contributed by atoms with Gasteiger partial charge in [-0.05, 0) is 45.2 Å². The molecule has 1 aliphatic carbocycles. The Balaban J connectivity index is 1.88. The fourth-order valence-corrected chi connectivity index (χ4v) is 2.36. The van der Waals surface area contributed by atoms with Gasteiger partial charge in [0, 0.05) is 11.6 Å². The lowest BCUT2D eigenvalue weighted by molar-refractivity contribution is 0.297. The molecule has 1 saturated heterocycles. The summed E-state index contributed by atoms with van der Waals surface area (Å²) in [6.45, 7) is 3.29. The first kappa shape index (κ1) is 10.2. The van der Waals surface area contributed by atoms with E-state index in [0.29, 0.717) is 12.1 Å². The molecule has 0 radical (unpaired) electrons. The van der Waals surface area contributed by atoms with E-state index in [1.807, 2.05) is 0 Å². The summed E-state index contributed by atoms with van der Waals surface area (Å²) in [6, 6.07) is 7.08. The minimum absolute atomic E-state index is 0.489. The summed E-state index contributed by atoms with van der Waals surface area (Å²) < 4.78 is 5.98. The maximum atomic E-state index is 5.98. The molecule has 1 atom stereocenters. The first-order valence-electron chi connectivity index (χ1n) is 6.33. The second-order valence-corrected chi connectivity index (χ2v) is 5.01. The van der Waals surface area contributed by atoms with Gasteiger partial charge >= 0.3 is 0 Å². The molecule has 0 amide bonds. The van der Waals surface area contributed by atoms with E-state index in [4.69, 9.17) is 4.74 Å². The lowest BCUT2D eigenvalue weighted by atomic mass is 10.0. The van der Waals surface area contributed by atoms with Crippen LogP contribution in [0, 0.1) is 6.92 Å². The topological polar surface area (TPSA) is 21.3 Å². The molecular weight excluding hydrogens is 198 g/mol. The average molecular weight is 217 g/mol. The van der Waals surface area contributed by atoms with Gasteiger partial charge in [0.1, 0.15) is 5.75 Å². The molecule has 1 unspecified atom stereocenters. The van der Waals surface area contributed by atoms with Gasteiger partial charge in [0.25, 0.3) is 0 Å². The third-order valence-corrected chi connectivity index (χ3v) is 3.42. The van der Waals surface area contributed by atoms with Crippen LogP contribution in [0.5, 0.6) is 5.75 Å². The van der Waals surface area contributed by atoms with E-state index in [1.165, 1.54) is 36.8 Å². The predicted molar refractivity (Wildman–Crippen MR) is 64.8 cm³/mol. The van der Waals surface area contributed by atoms with Crippen molar-refractivity contribution in [1.82, 2.24) is 5.32 Å². The van der Waals surface area contributed by atoms with Crippen molar-refractivity contribution in [3.05, 3.63) is 29.3 Å². The zero-order valence-corrected chi connectivity index (χ0v) is 9.83. The molecule has 0 aromatic heterocycles. The Kier molecular flexibility index (Phi) is 2.60. The number of ether oxygens (including phenoxy) is 1. The Morgan fingerprint density at radius 1 is 1.25 bits per heavy atom. The van der Waals surface area contributed by atoms with Crippen LogP contribution in [-0.2, 0) is 0 Å². The third kappa shape index (κ3) is 2.07. The van der Waals surface area contributed by atoms with Crippen molar-refractivity contribution in [3.8, 4) is 5.75 Å². The van der Waals surface area contributed by atoms with E-state index in [0.717, 1.165) is 12.3 Å². The van der Waals surface area contributed by atoms with Gasteiger partial charge in [-0.2, -0.15) is 0 Å². The van der Waals surface area contributed by atoms with Crippen molar-refractivity contribution < 1.29 is 4.74 Å². The third-order valence-electron chi connectivity index (χ3n) is 3.42. The lowest BCUT2D eigenvalue weighted by Gasteiger charge is -2.17. The highest BCUT2D eigenvalue weighted by atomic mass is 16.5. The quantitative estimate of drug-likeness (QED) is 0.840. The van der Waals surface area contributed by atoms with Crippen LogP contribution in [0.25, 0.3) is 0 Å². The van der Waals surface area contributed by atoms with Crippen LogP contribution in [-0.4, -0.2) is 12.6 Å². The monoisotopic (exact) mass is 217 g/mol. The second-order valence-electron chi connectivity index (χ2n) is 5.01. The van der Waals surface area contributed by atoms with Crippen LogP contribution >= 0.6 is 0 Å². The number of hydrogen-bond acceptors (Lipinski definition) is 2. The highest BCUT2D eigenvalue weighted by molar-refractivity contribution is 5.40. The first-order chi connectivity index (χ1) is 7.83. The fourth-order valence-electron chi connectivity index (χ4n) is 2.36. The number of nitrogens with one attached hydrogen (secondary N) is 1. The summed E-state index contributed by atoms with van der Waals surface area (Å²) in [5.41, 5.74) is 2.69. The van der Waals surface area contributed by atoms with E-state index in [1.54, 1.807) is 0 Å². The molecule has 0 bridgehead atoms. The van der Waals surface area contributed by atoms with E-state index in [2.05, 4.69) is 30.4 Å². The van der Waals surface area contributed by atoms with Crippen LogP contribution in [0.3, 0.4) is 0 Å². The molecule has 2 aliphatic rings. The van der Waals surface area contributed by atoms with Crippen molar-refractivity contribution in [2.45, 2.75) is 44.8 Å². The van der Waals surface area contributed by atoms with E-state index in [-0.39, 0.29) is 0 Å². The summed E-state index contributed by atoms with van der Waals surface area (Å²) >= 11 is 0. The van der Waals surface area contributed by atoms with Gasteiger partial charge in [-0.15, -0.1) is 0 Å². The smallest absolute Gasteiger partial charge is 0.124 e. The molecular formula is C14H19NO. The molecule has 1 aliphatic heterocycles. The van der Waals surface area contributed by atoms with Gasteiger partial charge in [-0.3, -0.25) is 0 Å². The Hall–Kier alpha value is -1.02. The summed E-state index contributed by atoms with van der Waals surface area (Å²) in [6.07, 6.45) is 5.46. The van der Waals surface area contributed by atoms with Crippen LogP contribution in [0.1, 0.15) is 42.9 Å². The Labute approximate surface area is 97.0 Å². The maximum absolute atomic E-state index is 5.98.